The van der Waals surface area contributed by atoms with Crippen LogP contribution in [0.5, 0.6) is 5.75 Å². The third kappa shape index (κ3) is 3.60. The van der Waals surface area contributed by atoms with Gasteiger partial charge in [0, 0.05) is 13.1 Å². The van der Waals surface area contributed by atoms with Crippen molar-refractivity contribution in [2.75, 3.05) is 13.7 Å². The molecule has 0 amide bonds. The first-order valence-corrected chi connectivity index (χ1v) is 9.09. The fraction of sp³-hybridized carbons (Fsp3) is 0.286. The molecule has 8 heteroatoms. The molecule has 0 N–H and O–H groups in total. The third-order valence-corrected chi connectivity index (χ3v) is 6.69. The quantitative estimate of drug-likeness (QED) is 0.785. The Bertz CT molecular complexity index is 761. The van der Waals surface area contributed by atoms with Crippen molar-refractivity contribution in [3.05, 3.63) is 46.0 Å². The molecular formula is C14H15ClFNO3S2. The summed E-state index contributed by atoms with van der Waals surface area (Å²) in [7, 11) is -2.27. The number of ether oxygens (including phenoxy) is 1. The summed E-state index contributed by atoms with van der Waals surface area (Å²) in [5.41, 5.74) is 0.548. The third-order valence-electron chi connectivity index (χ3n) is 3.07. The second-order valence-electron chi connectivity index (χ2n) is 4.46. The molecule has 0 spiro atoms. The van der Waals surface area contributed by atoms with Crippen molar-refractivity contribution in [2.24, 2.45) is 0 Å². The molecule has 0 unspecified atom stereocenters. The molecule has 0 saturated heterocycles. The summed E-state index contributed by atoms with van der Waals surface area (Å²) in [6.45, 7) is 2.08. The monoisotopic (exact) mass is 363 g/mol. The molecule has 0 aliphatic heterocycles. The highest BCUT2D eigenvalue weighted by Gasteiger charge is 2.25. The van der Waals surface area contributed by atoms with E-state index in [9.17, 15) is 12.8 Å². The van der Waals surface area contributed by atoms with Crippen molar-refractivity contribution in [1.29, 1.82) is 0 Å². The zero-order chi connectivity index (χ0) is 16.3. The number of thiophene rings is 1. The van der Waals surface area contributed by atoms with E-state index in [0.29, 0.717) is 9.90 Å². The summed E-state index contributed by atoms with van der Waals surface area (Å²) < 4.78 is 45.5. The number of hydrogen-bond donors (Lipinski definition) is 0. The molecule has 0 radical (unpaired) electrons. The lowest BCUT2D eigenvalue weighted by Crippen LogP contribution is -2.29. The Hall–Kier alpha value is -1.15. The highest BCUT2D eigenvalue weighted by Crippen LogP contribution is 2.29. The van der Waals surface area contributed by atoms with E-state index in [1.54, 1.807) is 19.1 Å². The first-order chi connectivity index (χ1) is 10.4. The molecule has 1 aromatic heterocycles. The maximum absolute atomic E-state index is 13.7. The summed E-state index contributed by atoms with van der Waals surface area (Å²) in [6.07, 6.45) is 0. The predicted molar refractivity (Wildman–Crippen MR) is 85.6 cm³/mol. The summed E-state index contributed by atoms with van der Waals surface area (Å²) in [4.78, 5) is 0. The minimum atomic E-state index is -3.64. The van der Waals surface area contributed by atoms with Crippen LogP contribution in [0, 0.1) is 5.82 Å². The Morgan fingerprint density at radius 1 is 1.32 bits per heavy atom. The van der Waals surface area contributed by atoms with Gasteiger partial charge in [0.25, 0.3) is 10.0 Å². The van der Waals surface area contributed by atoms with Crippen molar-refractivity contribution in [2.45, 2.75) is 17.7 Å². The molecular weight excluding hydrogens is 349 g/mol. The maximum Gasteiger partial charge on any atom is 0.252 e. The summed E-state index contributed by atoms with van der Waals surface area (Å²) in [6, 6.07) is 7.41. The van der Waals surface area contributed by atoms with Gasteiger partial charge >= 0.3 is 0 Å². The van der Waals surface area contributed by atoms with Crippen molar-refractivity contribution >= 4 is 33.0 Å². The van der Waals surface area contributed by atoms with E-state index in [1.807, 2.05) is 0 Å². The molecule has 1 heterocycles. The Morgan fingerprint density at radius 3 is 2.55 bits per heavy atom. The lowest BCUT2D eigenvalue weighted by molar-refractivity contribution is 0.384. The predicted octanol–water partition coefficient (Wildman–Crippen LogP) is 3.76. The number of nitrogens with zero attached hydrogens (tertiary/aromatic N) is 1. The molecule has 22 heavy (non-hydrogen) atoms. The number of sulfonamides is 1. The lowest BCUT2D eigenvalue weighted by Gasteiger charge is -2.19. The molecule has 2 rings (SSSR count). The van der Waals surface area contributed by atoms with Gasteiger partial charge in [-0.1, -0.05) is 24.6 Å². The fourth-order valence-corrected chi connectivity index (χ4v) is 5.02. The van der Waals surface area contributed by atoms with Gasteiger partial charge in [-0.25, -0.2) is 12.8 Å². The number of halogens is 2. The van der Waals surface area contributed by atoms with Crippen LogP contribution in [0.2, 0.25) is 4.34 Å². The lowest BCUT2D eigenvalue weighted by atomic mass is 10.2. The second-order valence-corrected chi connectivity index (χ2v) is 8.34. The van der Waals surface area contributed by atoms with Gasteiger partial charge < -0.3 is 4.74 Å². The first kappa shape index (κ1) is 17.2. The van der Waals surface area contributed by atoms with Crippen LogP contribution in [0.4, 0.5) is 4.39 Å². The van der Waals surface area contributed by atoms with E-state index in [0.717, 1.165) is 11.3 Å². The van der Waals surface area contributed by atoms with E-state index >= 15 is 0 Å². The summed E-state index contributed by atoms with van der Waals surface area (Å²) >= 11 is 6.80. The second kappa shape index (κ2) is 6.95. The molecule has 0 atom stereocenters. The SMILES string of the molecule is CCN(Cc1ccc(OC)c(F)c1)S(=O)(=O)c1ccc(Cl)s1. The van der Waals surface area contributed by atoms with Crippen LogP contribution in [0.25, 0.3) is 0 Å². The molecule has 0 bridgehead atoms. The largest absolute Gasteiger partial charge is 0.494 e. The van der Waals surface area contributed by atoms with Crippen molar-refractivity contribution < 1.29 is 17.5 Å². The molecule has 0 saturated carbocycles. The zero-order valence-corrected chi connectivity index (χ0v) is 14.4. The van der Waals surface area contributed by atoms with Gasteiger partial charge in [0.2, 0.25) is 0 Å². The van der Waals surface area contributed by atoms with Gasteiger partial charge in [0.15, 0.2) is 11.6 Å². The van der Waals surface area contributed by atoms with E-state index in [1.165, 1.54) is 29.6 Å². The minimum absolute atomic E-state index is 0.0786. The van der Waals surface area contributed by atoms with Gasteiger partial charge in [-0.2, -0.15) is 4.31 Å². The van der Waals surface area contributed by atoms with Gasteiger partial charge in [-0.15, -0.1) is 11.3 Å². The number of benzene rings is 1. The molecule has 0 aliphatic rings. The maximum atomic E-state index is 13.7. The zero-order valence-electron chi connectivity index (χ0n) is 12.0. The fourth-order valence-electron chi connectivity index (χ4n) is 1.94. The van der Waals surface area contributed by atoms with E-state index in [4.69, 9.17) is 16.3 Å². The average molecular weight is 364 g/mol. The van der Waals surface area contributed by atoms with Crippen molar-refractivity contribution in [3.8, 4) is 5.75 Å². The van der Waals surface area contributed by atoms with Crippen LogP contribution in [0.15, 0.2) is 34.5 Å². The highest BCUT2D eigenvalue weighted by atomic mass is 35.5. The van der Waals surface area contributed by atoms with Crippen LogP contribution in [0.1, 0.15) is 12.5 Å². The smallest absolute Gasteiger partial charge is 0.252 e. The summed E-state index contributed by atoms with van der Waals surface area (Å²) in [5.74, 6) is -0.396. The van der Waals surface area contributed by atoms with Crippen molar-refractivity contribution in [1.82, 2.24) is 4.31 Å². The molecule has 120 valence electrons. The van der Waals surface area contributed by atoms with Gasteiger partial charge in [0.1, 0.15) is 4.21 Å². The number of methoxy groups -OCH3 is 1. The number of rotatable bonds is 6. The van der Waals surface area contributed by atoms with Crippen LogP contribution in [0.3, 0.4) is 0 Å². The average Bonchev–Trinajstić information content (AvgIpc) is 2.92. The van der Waals surface area contributed by atoms with Crippen LogP contribution >= 0.6 is 22.9 Å². The van der Waals surface area contributed by atoms with Crippen LogP contribution in [-0.2, 0) is 16.6 Å². The first-order valence-electron chi connectivity index (χ1n) is 6.46. The van der Waals surface area contributed by atoms with E-state index in [-0.39, 0.29) is 23.0 Å². The standard InChI is InChI=1S/C14H15ClFNO3S2/c1-3-17(22(18,19)14-7-6-13(15)21-14)9-10-4-5-12(20-2)11(16)8-10/h4-8H,3,9H2,1-2H3. The number of hydrogen-bond acceptors (Lipinski definition) is 4. The van der Waals surface area contributed by atoms with Crippen LogP contribution < -0.4 is 4.74 Å². The Morgan fingerprint density at radius 2 is 2.05 bits per heavy atom. The highest BCUT2D eigenvalue weighted by molar-refractivity contribution is 7.91. The molecule has 0 fully saturated rings. The molecule has 4 nitrogen and oxygen atoms in total. The molecule has 2 aromatic rings. The minimum Gasteiger partial charge on any atom is -0.494 e. The van der Waals surface area contributed by atoms with E-state index in [2.05, 4.69) is 0 Å². The topological polar surface area (TPSA) is 46.6 Å². The Balaban J connectivity index is 2.27. The Kier molecular flexibility index (Phi) is 5.44. The molecule has 0 aliphatic carbocycles. The van der Waals surface area contributed by atoms with Crippen molar-refractivity contribution in [3.63, 3.8) is 0 Å². The van der Waals surface area contributed by atoms with Crippen LogP contribution in [-0.4, -0.2) is 26.4 Å². The summed E-state index contributed by atoms with van der Waals surface area (Å²) in [5, 5.41) is 0. The van der Waals surface area contributed by atoms with Gasteiger partial charge in [0.05, 0.1) is 11.4 Å². The van der Waals surface area contributed by atoms with E-state index < -0.39 is 15.8 Å². The Labute approximate surface area is 138 Å². The normalized spacial score (nSPS) is 11.9. The molecule has 1 aromatic carbocycles. The van der Waals surface area contributed by atoms with Gasteiger partial charge in [-0.3, -0.25) is 0 Å². The van der Waals surface area contributed by atoms with Gasteiger partial charge in [-0.05, 0) is 29.8 Å².